The summed E-state index contributed by atoms with van der Waals surface area (Å²) < 4.78 is 0.990. The van der Waals surface area contributed by atoms with Crippen molar-refractivity contribution in [1.29, 1.82) is 0 Å². The summed E-state index contributed by atoms with van der Waals surface area (Å²) in [6.45, 7) is 1.00. The standard InChI is InChI=1S/C10H13N3O2S/c14-4-2-13(3-5-15)10-9-8(1-6-16-9)11-7-12-10/h1,6-7,14-15H,2-5H2. The normalized spacial score (nSPS) is 10.9. The van der Waals surface area contributed by atoms with Crippen LogP contribution in [0, 0.1) is 0 Å². The summed E-state index contributed by atoms with van der Waals surface area (Å²) in [5, 5.41) is 19.9. The lowest BCUT2D eigenvalue weighted by Gasteiger charge is -2.21. The van der Waals surface area contributed by atoms with E-state index in [1.807, 2.05) is 16.3 Å². The van der Waals surface area contributed by atoms with Crippen LogP contribution in [-0.4, -0.2) is 46.5 Å². The molecule has 0 atom stereocenters. The van der Waals surface area contributed by atoms with Gasteiger partial charge in [-0.25, -0.2) is 9.97 Å². The van der Waals surface area contributed by atoms with E-state index in [4.69, 9.17) is 10.2 Å². The number of aliphatic hydroxyl groups excluding tert-OH is 2. The van der Waals surface area contributed by atoms with Gasteiger partial charge in [-0.1, -0.05) is 0 Å². The summed E-state index contributed by atoms with van der Waals surface area (Å²) in [6.07, 6.45) is 1.51. The summed E-state index contributed by atoms with van der Waals surface area (Å²) in [6, 6.07) is 1.93. The first kappa shape index (κ1) is 11.3. The van der Waals surface area contributed by atoms with E-state index in [1.54, 1.807) is 11.3 Å². The lowest BCUT2D eigenvalue weighted by atomic mass is 10.4. The van der Waals surface area contributed by atoms with Gasteiger partial charge < -0.3 is 15.1 Å². The maximum Gasteiger partial charge on any atom is 0.150 e. The van der Waals surface area contributed by atoms with Crippen LogP contribution in [0.15, 0.2) is 17.8 Å². The molecule has 2 aromatic heterocycles. The van der Waals surface area contributed by atoms with Crippen molar-refractivity contribution in [3.63, 3.8) is 0 Å². The fourth-order valence-electron chi connectivity index (χ4n) is 1.57. The Hall–Kier alpha value is -1.24. The number of aromatic nitrogens is 2. The van der Waals surface area contributed by atoms with Gasteiger partial charge in [-0.2, -0.15) is 0 Å². The highest BCUT2D eigenvalue weighted by molar-refractivity contribution is 7.17. The summed E-state index contributed by atoms with van der Waals surface area (Å²) >= 11 is 1.56. The monoisotopic (exact) mass is 239 g/mol. The lowest BCUT2D eigenvalue weighted by molar-refractivity contribution is 0.281. The minimum absolute atomic E-state index is 0.0386. The van der Waals surface area contributed by atoms with Crippen LogP contribution in [0.25, 0.3) is 10.2 Å². The molecule has 0 saturated heterocycles. The Morgan fingerprint density at radius 1 is 1.19 bits per heavy atom. The van der Waals surface area contributed by atoms with Crippen molar-refractivity contribution in [3.8, 4) is 0 Å². The third-order valence-corrected chi connectivity index (χ3v) is 3.16. The molecule has 2 heterocycles. The molecular weight excluding hydrogens is 226 g/mol. The molecule has 0 aliphatic rings. The molecular formula is C10H13N3O2S. The molecule has 2 N–H and O–H groups in total. The Morgan fingerprint density at radius 3 is 2.62 bits per heavy atom. The highest BCUT2D eigenvalue weighted by Gasteiger charge is 2.12. The highest BCUT2D eigenvalue weighted by atomic mass is 32.1. The van der Waals surface area contributed by atoms with E-state index in [-0.39, 0.29) is 13.2 Å². The van der Waals surface area contributed by atoms with Gasteiger partial charge in [0.25, 0.3) is 0 Å². The predicted octanol–water partition coefficient (Wildman–Crippen LogP) is 0.482. The smallest absolute Gasteiger partial charge is 0.150 e. The van der Waals surface area contributed by atoms with E-state index in [9.17, 15) is 0 Å². The van der Waals surface area contributed by atoms with Crippen LogP contribution >= 0.6 is 11.3 Å². The Balaban J connectivity index is 2.38. The molecule has 0 spiro atoms. The van der Waals surface area contributed by atoms with E-state index in [1.165, 1.54) is 6.33 Å². The zero-order chi connectivity index (χ0) is 11.4. The number of rotatable bonds is 5. The molecule has 5 nitrogen and oxygen atoms in total. The minimum Gasteiger partial charge on any atom is -0.395 e. The minimum atomic E-state index is 0.0386. The number of hydrogen-bond acceptors (Lipinski definition) is 6. The van der Waals surface area contributed by atoms with Gasteiger partial charge in [0.05, 0.1) is 23.4 Å². The van der Waals surface area contributed by atoms with Crippen molar-refractivity contribution in [2.75, 3.05) is 31.2 Å². The zero-order valence-corrected chi connectivity index (χ0v) is 9.52. The van der Waals surface area contributed by atoms with E-state index in [0.29, 0.717) is 13.1 Å². The van der Waals surface area contributed by atoms with Crippen LogP contribution < -0.4 is 4.90 Å². The van der Waals surface area contributed by atoms with E-state index >= 15 is 0 Å². The average molecular weight is 239 g/mol. The summed E-state index contributed by atoms with van der Waals surface area (Å²) in [7, 11) is 0. The number of aliphatic hydroxyl groups is 2. The molecule has 0 bridgehead atoms. The molecule has 86 valence electrons. The molecule has 0 aliphatic heterocycles. The van der Waals surface area contributed by atoms with Crippen LogP contribution in [-0.2, 0) is 0 Å². The van der Waals surface area contributed by atoms with Gasteiger partial charge in [0, 0.05) is 13.1 Å². The second-order valence-electron chi connectivity index (χ2n) is 3.27. The highest BCUT2D eigenvalue weighted by Crippen LogP contribution is 2.27. The molecule has 0 radical (unpaired) electrons. The van der Waals surface area contributed by atoms with Gasteiger partial charge in [-0.3, -0.25) is 0 Å². The van der Waals surface area contributed by atoms with Crippen molar-refractivity contribution in [1.82, 2.24) is 9.97 Å². The first-order chi connectivity index (χ1) is 7.86. The van der Waals surface area contributed by atoms with Gasteiger partial charge >= 0.3 is 0 Å². The number of nitrogens with zero attached hydrogens (tertiary/aromatic N) is 3. The largest absolute Gasteiger partial charge is 0.395 e. The zero-order valence-electron chi connectivity index (χ0n) is 8.70. The second kappa shape index (κ2) is 5.20. The van der Waals surface area contributed by atoms with Crippen molar-refractivity contribution in [2.45, 2.75) is 0 Å². The molecule has 6 heteroatoms. The first-order valence-electron chi connectivity index (χ1n) is 5.01. The van der Waals surface area contributed by atoms with Gasteiger partial charge in [0.15, 0.2) is 0 Å². The van der Waals surface area contributed by atoms with Gasteiger partial charge in [-0.15, -0.1) is 11.3 Å². The van der Waals surface area contributed by atoms with Gasteiger partial charge in [0.1, 0.15) is 12.1 Å². The molecule has 0 amide bonds. The molecule has 0 unspecified atom stereocenters. The Labute approximate surface area is 97.0 Å². The first-order valence-corrected chi connectivity index (χ1v) is 5.89. The van der Waals surface area contributed by atoms with Crippen molar-refractivity contribution in [2.24, 2.45) is 0 Å². The van der Waals surface area contributed by atoms with Crippen LogP contribution in [0.4, 0.5) is 5.82 Å². The van der Waals surface area contributed by atoms with E-state index < -0.39 is 0 Å². The third-order valence-electron chi connectivity index (χ3n) is 2.26. The molecule has 2 rings (SSSR count). The van der Waals surface area contributed by atoms with Crippen LogP contribution in [0.1, 0.15) is 0 Å². The molecule has 0 aliphatic carbocycles. The fourth-order valence-corrected chi connectivity index (χ4v) is 2.43. The SMILES string of the molecule is OCCN(CCO)c1ncnc2ccsc12. The molecule has 0 fully saturated rings. The summed E-state index contributed by atoms with van der Waals surface area (Å²) in [5.74, 6) is 0.781. The second-order valence-corrected chi connectivity index (χ2v) is 4.18. The van der Waals surface area contributed by atoms with Crippen LogP contribution in [0.3, 0.4) is 0 Å². The molecule has 2 aromatic rings. The number of anilines is 1. The van der Waals surface area contributed by atoms with Crippen molar-refractivity contribution in [3.05, 3.63) is 17.8 Å². The Kier molecular flexibility index (Phi) is 3.66. The van der Waals surface area contributed by atoms with E-state index in [0.717, 1.165) is 16.0 Å². The van der Waals surface area contributed by atoms with E-state index in [2.05, 4.69) is 9.97 Å². The predicted molar refractivity (Wildman–Crippen MR) is 63.8 cm³/mol. The average Bonchev–Trinajstić information content (AvgIpc) is 2.76. The Bertz CT molecular complexity index is 454. The van der Waals surface area contributed by atoms with Gasteiger partial charge in [0.2, 0.25) is 0 Å². The summed E-state index contributed by atoms with van der Waals surface area (Å²) in [4.78, 5) is 10.2. The van der Waals surface area contributed by atoms with Crippen LogP contribution in [0.5, 0.6) is 0 Å². The van der Waals surface area contributed by atoms with Crippen molar-refractivity contribution < 1.29 is 10.2 Å². The Morgan fingerprint density at radius 2 is 1.94 bits per heavy atom. The summed E-state index contributed by atoms with van der Waals surface area (Å²) in [5.41, 5.74) is 0.899. The third kappa shape index (κ3) is 2.13. The molecule has 0 saturated carbocycles. The maximum absolute atomic E-state index is 8.98. The van der Waals surface area contributed by atoms with Crippen molar-refractivity contribution >= 4 is 27.4 Å². The number of fused-ring (bicyclic) bond motifs is 1. The molecule has 16 heavy (non-hydrogen) atoms. The number of hydrogen-bond donors (Lipinski definition) is 2. The van der Waals surface area contributed by atoms with Crippen LogP contribution in [0.2, 0.25) is 0 Å². The fraction of sp³-hybridized carbons (Fsp3) is 0.400. The quantitative estimate of drug-likeness (QED) is 0.794. The number of thiophene rings is 1. The lowest BCUT2D eigenvalue weighted by Crippen LogP contribution is -2.30. The molecule has 0 aromatic carbocycles. The topological polar surface area (TPSA) is 69.5 Å². The maximum atomic E-state index is 8.98. The van der Waals surface area contributed by atoms with Gasteiger partial charge in [-0.05, 0) is 11.4 Å².